The molecule has 0 saturated carbocycles. The van der Waals surface area contributed by atoms with Crippen molar-refractivity contribution in [3.63, 3.8) is 0 Å². The summed E-state index contributed by atoms with van der Waals surface area (Å²) >= 11 is 6.12. The molecule has 1 atom stereocenters. The molecule has 6 nitrogen and oxygen atoms in total. The highest BCUT2D eigenvalue weighted by Crippen LogP contribution is 2.32. The summed E-state index contributed by atoms with van der Waals surface area (Å²) in [6, 6.07) is 22.4. The number of amides is 1. The number of aryl methyl sites for hydroxylation is 1. The lowest BCUT2D eigenvalue weighted by Gasteiger charge is -2.26. The van der Waals surface area contributed by atoms with Gasteiger partial charge in [-0.2, -0.15) is 5.10 Å². The number of halogens is 2. The Morgan fingerprint density at radius 1 is 1.11 bits per heavy atom. The zero-order chi connectivity index (χ0) is 25.8. The molecule has 5 rings (SSSR count). The van der Waals surface area contributed by atoms with Crippen molar-refractivity contribution < 1.29 is 18.7 Å². The van der Waals surface area contributed by atoms with E-state index < -0.39 is 0 Å². The topological polar surface area (TPSA) is 56.6 Å². The largest absolute Gasteiger partial charge is 0.439 e. The highest BCUT2D eigenvalue weighted by atomic mass is 35.5. The Hall–Kier alpha value is -3.68. The van der Waals surface area contributed by atoms with Crippen molar-refractivity contribution in [2.24, 2.45) is 0 Å². The van der Waals surface area contributed by atoms with Crippen LogP contribution in [-0.4, -0.2) is 39.8 Å². The van der Waals surface area contributed by atoms with Gasteiger partial charge in [-0.1, -0.05) is 29.8 Å². The number of rotatable bonds is 8. The summed E-state index contributed by atoms with van der Waals surface area (Å²) in [7, 11) is 0. The maximum Gasteiger partial charge on any atom is 0.254 e. The predicted molar refractivity (Wildman–Crippen MR) is 140 cm³/mol. The molecular weight excluding hydrogens is 493 g/mol. The van der Waals surface area contributed by atoms with Gasteiger partial charge in [-0.15, -0.1) is 0 Å². The van der Waals surface area contributed by atoms with Crippen molar-refractivity contribution >= 4 is 17.5 Å². The van der Waals surface area contributed by atoms with Gasteiger partial charge in [-0.05, 0) is 80.4 Å². The Morgan fingerprint density at radius 2 is 1.84 bits per heavy atom. The molecule has 0 unspecified atom stereocenters. The van der Waals surface area contributed by atoms with Gasteiger partial charge in [0.1, 0.15) is 11.6 Å². The molecule has 0 bridgehead atoms. The van der Waals surface area contributed by atoms with Crippen LogP contribution in [0.3, 0.4) is 0 Å². The molecule has 8 heteroatoms. The first kappa shape index (κ1) is 25.0. The first-order valence-electron chi connectivity index (χ1n) is 12.2. The SMILES string of the molecule is Cc1nn(-c2ccc(Cl)cc2)c(Oc2ccccc2)c1CN(C[C@@H]1CCCO1)C(=O)c1ccc(F)cc1. The highest BCUT2D eigenvalue weighted by molar-refractivity contribution is 6.30. The molecule has 1 aliphatic heterocycles. The molecule has 1 aromatic heterocycles. The number of carbonyl (C=O) groups excluding carboxylic acids is 1. The standard InChI is InChI=1S/C29H27ClFN3O3/c1-20-27(19-33(18-26-8-5-17-36-26)28(35)21-9-13-23(31)14-10-21)29(37-25-6-3-2-4-7-25)34(32-20)24-15-11-22(30)12-16-24/h2-4,6-7,9-16,26H,5,8,17-19H2,1H3/t26-/m0/s1. The Kier molecular flexibility index (Phi) is 7.53. The van der Waals surface area contributed by atoms with Crippen molar-refractivity contribution in [2.75, 3.05) is 13.2 Å². The number of benzene rings is 3. The summed E-state index contributed by atoms with van der Waals surface area (Å²) in [4.78, 5) is 15.3. The van der Waals surface area contributed by atoms with E-state index in [1.54, 1.807) is 21.7 Å². The van der Waals surface area contributed by atoms with E-state index in [2.05, 4.69) is 0 Å². The molecule has 4 aromatic rings. The number of nitrogens with zero attached hydrogens (tertiary/aromatic N) is 3. The van der Waals surface area contributed by atoms with Crippen molar-refractivity contribution in [3.8, 4) is 17.3 Å². The van der Waals surface area contributed by atoms with Gasteiger partial charge < -0.3 is 14.4 Å². The molecule has 1 aliphatic rings. The number of aromatic nitrogens is 2. The van der Waals surface area contributed by atoms with Crippen molar-refractivity contribution in [1.29, 1.82) is 0 Å². The molecule has 1 fully saturated rings. The Labute approximate surface area is 220 Å². The van der Waals surface area contributed by atoms with Crippen LogP contribution < -0.4 is 4.74 Å². The molecule has 2 heterocycles. The Bertz CT molecular complexity index is 1350. The monoisotopic (exact) mass is 519 g/mol. The lowest BCUT2D eigenvalue weighted by atomic mass is 10.1. The van der Waals surface area contributed by atoms with E-state index in [1.165, 1.54) is 24.3 Å². The smallest absolute Gasteiger partial charge is 0.254 e. The van der Waals surface area contributed by atoms with E-state index in [9.17, 15) is 9.18 Å². The van der Waals surface area contributed by atoms with Gasteiger partial charge >= 0.3 is 0 Å². The molecule has 0 aliphatic carbocycles. The Morgan fingerprint density at radius 3 is 2.51 bits per heavy atom. The van der Waals surface area contributed by atoms with E-state index in [4.69, 9.17) is 26.2 Å². The van der Waals surface area contributed by atoms with Crippen LogP contribution in [0.1, 0.15) is 34.5 Å². The first-order valence-corrected chi connectivity index (χ1v) is 12.6. The van der Waals surface area contributed by atoms with Crippen molar-refractivity contribution in [3.05, 3.63) is 107 Å². The van der Waals surface area contributed by atoms with Crippen LogP contribution in [0.2, 0.25) is 5.02 Å². The highest BCUT2D eigenvalue weighted by Gasteiger charge is 2.28. The first-order chi connectivity index (χ1) is 18.0. The molecule has 1 saturated heterocycles. The maximum atomic E-state index is 13.6. The zero-order valence-corrected chi connectivity index (χ0v) is 21.2. The molecule has 37 heavy (non-hydrogen) atoms. The van der Waals surface area contributed by atoms with Crippen LogP contribution in [0, 0.1) is 12.7 Å². The van der Waals surface area contributed by atoms with Gasteiger partial charge in [0.15, 0.2) is 0 Å². The summed E-state index contributed by atoms with van der Waals surface area (Å²) in [5.41, 5.74) is 2.69. The lowest BCUT2D eigenvalue weighted by Crippen LogP contribution is -2.37. The summed E-state index contributed by atoms with van der Waals surface area (Å²) in [6.45, 7) is 3.23. The third kappa shape index (κ3) is 5.84. The number of hydrogen-bond donors (Lipinski definition) is 0. The molecule has 1 amide bonds. The number of hydrogen-bond acceptors (Lipinski definition) is 4. The minimum absolute atomic E-state index is 0.0606. The summed E-state index contributed by atoms with van der Waals surface area (Å²) in [5, 5.41) is 5.38. The molecular formula is C29H27ClFN3O3. The second-order valence-electron chi connectivity index (χ2n) is 9.00. The van der Waals surface area contributed by atoms with Crippen molar-refractivity contribution in [1.82, 2.24) is 14.7 Å². The van der Waals surface area contributed by atoms with E-state index in [0.717, 1.165) is 29.8 Å². The van der Waals surface area contributed by atoms with Crippen molar-refractivity contribution in [2.45, 2.75) is 32.4 Å². The minimum atomic E-state index is -0.388. The predicted octanol–water partition coefficient (Wildman–Crippen LogP) is 6.59. The van der Waals surface area contributed by atoms with E-state index in [-0.39, 0.29) is 24.4 Å². The number of carbonyl (C=O) groups is 1. The Balaban J connectivity index is 1.54. The van der Waals surface area contributed by atoms with Crippen LogP contribution in [-0.2, 0) is 11.3 Å². The minimum Gasteiger partial charge on any atom is -0.439 e. The fourth-order valence-electron chi connectivity index (χ4n) is 4.40. The quantitative estimate of drug-likeness (QED) is 0.263. The zero-order valence-electron chi connectivity index (χ0n) is 20.4. The molecule has 3 aromatic carbocycles. The van der Waals surface area contributed by atoms with Crippen LogP contribution in [0.4, 0.5) is 4.39 Å². The second-order valence-corrected chi connectivity index (χ2v) is 9.44. The average molecular weight is 520 g/mol. The average Bonchev–Trinajstić information content (AvgIpc) is 3.53. The third-order valence-corrected chi connectivity index (χ3v) is 6.59. The van der Waals surface area contributed by atoms with E-state index >= 15 is 0 Å². The fourth-order valence-corrected chi connectivity index (χ4v) is 4.53. The molecule has 190 valence electrons. The summed E-state index contributed by atoms with van der Waals surface area (Å²) < 4.78 is 27.5. The van der Waals surface area contributed by atoms with Gasteiger partial charge in [-0.3, -0.25) is 4.79 Å². The normalized spacial score (nSPS) is 15.1. The van der Waals surface area contributed by atoms with E-state index in [0.29, 0.717) is 35.4 Å². The second kappa shape index (κ2) is 11.2. The number of para-hydroxylation sites is 1. The van der Waals surface area contributed by atoms with Gasteiger partial charge in [0.05, 0.1) is 29.6 Å². The molecule has 0 spiro atoms. The van der Waals surface area contributed by atoms with E-state index in [1.807, 2.05) is 49.4 Å². The van der Waals surface area contributed by atoms with Gasteiger partial charge in [-0.25, -0.2) is 9.07 Å². The summed E-state index contributed by atoms with van der Waals surface area (Å²) in [5.74, 6) is 0.560. The number of ether oxygens (including phenoxy) is 2. The lowest BCUT2D eigenvalue weighted by molar-refractivity contribution is 0.0505. The van der Waals surface area contributed by atoms with Crippen LogP contribution in [0.15, 0.2) is 78.9 Å². The molecule has 0 N–H and O–H groups in total. The fraction of sp³-hybridized carbons (Fsp3) is 0.241. The molecule has 0 radical (unpaired) electrons. The van der Waals surface area contributed by atoms with Crippen LogP contribution in [0.25, 0.3) is 5.69 Å². The van der Waals surface area contributed by atoms with Gasteiger partial charge in [0.2, 0.25) is 5.88 Å². The van der Waals surface area contributed by atoms with Gasteiger partial charge in [0, 0.05) is 23.7 Å². The van der Waals surface area contributed by atoms with Gasteiger partial charge in [0.25, 0.3) is 5.91 Å². The maximum absolute atomic E-state index is 13.6. The summed E-state index contributed by atoms with van der Waals surface area (Å²) in [6.07, 6.45) is 1.78. The third-order valence-electron chi connectivity index (χ3n) is 6.34. The van der Waals surface area contributed by atoms with Crippen LogP contribution >= 0.6 is 11.6 Å². The van der Waals surface area contributed by atoms with Crippen LogP contribution in [0.5, 0.6) is 11.6 Å².